The average molecular weight is 206 g/mol. The summed E-state index contributed by atoms with van der Waals surface area (Å²) in [4.78, 5) is 4.23. The van der Waals surface area contributed by atoms with Crippen LogP contribution in [0.25, 0.3) is 11.0 Å². The molecule has 0 amide bonds. The lowest BCUT2D eigenvalue weighted by molar-refractivity contribution is 0.608. The van der Waals surface area contributed by atoms with Gasteiger partial charge in [0.25, 0.3) is 0 Å². The Morgan fingerprint density at radius 1 is 1.33 bits per heavy atom. The predicted octanol–water partition coefficient (Wildman–Crippen LogP) is 3.37. The fourth-order valence-corrected chi connectivity index (χ4v) is 1.74. The quantitative estimate of drug-likeness (QED) is 0.701. The smallest absolute Gasteiger partial charge is 0.125 e. The molecule has 0 spiro atoms. The van der Waals surface area contributed by atoms with Crippen LogP contribution in [0.4, 0.5) is 4.39 Å². The Balaban J connectivity index is 2.23. The van der Waals surface area contributed by atoms with E-state index in [1.807, 2.05) is 4.57 Å². The molecule has 0 aliphatic carbocycles. The van der Waals surface area contributed by atoms with E-state index in [1.165, 1.54) is 18.9 Å². The maximum absolute atomic E-state index is 13.0. The number of fused-ring (bicyclic) bond motifs is 1. The van der Waals surface area contributed by atoms with Crippen LogP contribution in [0.15, 0.2) is 24.5 Å². The van der Waals surface area contributed by atoms with Gasteiger partial charge in [0.2, 0.25) is 0 Å². The summed E-state index contributed by atoms with van der Waals surface area (Å²) in [5.74, 6) is -0.195. The van der Waals surface area contributed by atoms with Gasteiger partial charge in [0.15, 0.2) is 0 Å². The maximum Gasteiger partial charge on any atom is 0.125 e. The van der Waals surface area contributed by atoms with E-state index in [9.17, 15) is 4.39 Å². The number of aromatic nitrogens is 2. The maximum atomic E-state index is 13.0. The van der Waals surface area contributed by atoms with Crippen LogP contribution in [-0.4, -0.2) is 9.55 Å². The van der Waals surface area contributed by atoms with Gasteiger partial charge in [0.05, 0.1) is 17.4 Å². The SMILES string of the molecule is CCCCCn1cnc2ccc(F)cc21. The lowest BCUT2D eigenvalue weighted by atomic mass is 10.2. The third-order valence-corrected chi connectivity index (χ3v) is 2.59. The molecule has 0 N–H and O–H groups in total. The number of imidazole rings is 1. The highest BCUT2D eigenvalue weighted by Crippen LogP contribution is 2.15. The average Bonchev–Trinajstić information content (AvgIpc) is 2.62. The van der Waals surface area contributed by atoms with Crippen LogP contribution in [0.2, 0.25) is 0 Å². The Hall–Kier alpha value is -1.38. The molecular formula is C12H15FN2. The molecule has 1 heterocycles. The highest BCUT2D eigenvalue weighted by atomic mass is 19.1. The third kappa shape index (κ3) is 2.17. The summed E-state index contributed by atoms with van der Waals surface area (Å²) in [5.41, 5.74) is 1.76. The van der Waals surface area contributed by atoms with Gasteiger partial charge in [0.1, 0.15) is 5.82 Å². The van der Waals surface area contributed by atoms with Crippen LogP contribution in [0.5, 0.6) is 0 Å². The van der Waals surface area contributed by atoms with Crippen molar-refractivity contribution in [3.05, 3.63) is 30.3 Å². The summed E-state index contributed by atoms with van der Waals surface area (Å²) in [7, 11) is 0. The Kier molecular flexibility index (Phi) is 2.99. The fraction of sp³-hybridized carbons (Fsp3) is 0.417. The van der Waals surface area contributed by atoms with Crippen LogP contribution in [0.3, 0.4) is 0 Å². The number of benzene rings is 1. The van der Waals surface area contributed by atoms with Gasteiger partial charge in [0, 0.05) is 6.54 Å². The molecule has 0 aliphatic heterocycles. The minimum Gasteiger partial charge on any atom is -0.331 e. The Morgan fingerprint density at radius 3 is 3.00 bits per heavy atom. The summed E-state index contributed by atoms with van der Waals surface area (Å²) >= 11 is 0. The molecule has 0 saturated heterocycles. The number of halogens is 1. The largest absolute Gasteiger partial charge is 0.331 e. The standard InChI is InChI=1S/C12H15FN2/c1-2-3-4-7-15-9-14-11-6-5-10(13)8-12(11)15/h5-6,8-9H,2-4,7H2,1H3. The molecule has 15 heavy (non-hydrogen) atoms. The van der Waals surface area contributed by atoms with Gasteiger partial charge in [-0.05, 0) is 24.6 Å². The third-order valence-electron chi connectivity index (χ3n) is 2.59. The highest BCUT2D eigenvalue weighted by molar-refractivity contribution is 5.75. The van der Waals surface area contributed by atoms with Crippen molar-refractivity contribution in [1.29, 1.82) is 0 Å². The molecular weight excluding hydrogens is 191 g/mol. The van der Waals surface area contributed by atoms with Crippen molar-refractivity contribution >= 4 is 11.0 Å². The van der Waals surface area contributed by atoms with E-state index < -0.39 is 0 Å². The number of unbranched alkanes of at least 4 members (excludes halogenated alkanes) is 2. The highest BCUT2D eigenvalue weighted by Gasteiger charge is 2.02. The number of nitrogens with zero attached hydrogens (tertiary/aromatic N) is 2. The Labute approximate surface area is 88.7 Å². The number of rotatable bonds is 4. The number of hydrogen-bond acceptors (Lipinski definition) is 1. The van der Waals surface area contributed by atoms with Gasteiger partial charge in [-0.1, -0.05) is 19.8 Å². The zero-order chi connectivity index (χ0) is 10.7. The van der Waals surface area contributed by atoms with E-state index in [-0.39, 0.29) is 5.82 Å². The molecule has 2 rings (SSSR count). The first-order valence-electron chi connectivity index (χ1n) is 5.41. The first kappa shape index (κ1) is 10.1. The van der Waals surface area contributed by atoms with E-state index in [1.54, 1.807) is 18.5 Å². The minimum atomic E-state index is -0.195. The van der Waals surface area contributed by atoms with Gasteiger partial charge in [-0.15, -0.1) is 0 Å². The molecule has 1 aromatic carbocycles. The normalized spacial score (nSPS) is 11.1. The van der Waals surface area contributed by atoms with E-state index in [0.717, 1.165) is 24.0 Å². The van der Waals surface area contributed by atoms with Crippen LogP contribution >= 0.6 is 0 Å². The molecule has 2 nitrogen and oxygen atoms in total. The summed E-state index contributed by atoms with van der Waals surface area (Å²) in [6.45, 7) is 3.10. The second-order valence-corrected chi connectivity index (χ2v) is 3.78. The summed E-state index contributed by atoms with van der Waals surface area (Å²) in [6, 6.07) is 4.72. The molecule has 80 valence electrons. The van der Waals surface area contributed by atoms with E-state index in [2.05, 4.69) is 11.9 Å². The Morgan fingerprint density at radius 2 is 2.20 bits per heavy atom. The monoisotopic (exact) mass is 206 g/mol. The second-order valence-electron chi connectivity index (χ2n) is 3.78. The lowest BCUT2D eigenvalue weighted by Gasteiger charge is -2.02. The molecule has 0 fully saturated rings. The topological polar surface area (TPSA) is 17.8 Å². The number of aryl methyl sites for hydroxylation is 1. The van der Waals surface area contributed by atoms with Crippen molar-refractivity contribution in [2.75, 3.05) is 0 Å². The van der Waals surface area contributed by atoms with Crippen LogP contribution < -0.4 is 0 Å². The van der Waals surface area contributed by atoms with Crippen molar-refractivity contribution in [1.82, 2.24) is 9.55 Å². The van der Waals surface area contributed by atoms with Crippen LogP contribution in [0.1, 0.15) is 26.2 Å². The molecule has 2 aromatic rings. The second kappa shape index (κ2) is 4.43. The van der Waals surface area contributed by atoms with E-state index in [4.69, 9.17) is 0 Å². The molecule has 3 heteroatoms. The van der Waals surface area contributed by atoms with E-state index in [0.29, 0.717) is 0 Å². The van der Waals surface area contributed by atoms with Crippen molar-refractivity contribution in [3.63, 3.8) is 0 Å². The van der Waals surface area contributed by atoms with Crippen molar-refractivity contribution < 1.29 is 4.39 Å². The van der Waals surface area contributed by atoms with Gasteiger partial charge < -0.3 is 4.57 Å². The molecule has 0 bridgehead atoms. The minimum absolute atomic E-state index is 0.195. The molecule has 1 aromatic heterocycles. The summed E-state index contributed by atoms with van der Waals surface area (Å²) < 4.78 is 15.1. The molecule has 0 atom stereocenters. The molecule has 0 aliphatic rings. The molecule has 0 unspecified atom stereocenters. The Bertz CT molecular complexity index is 448. The number of hydrogen-bond donors (Lipinski definition) is 0. The van der Waals surface area contributed by atoms with Gasteiger partial charge >= 0.3 is 0 Å². The first-order chi connectivity index (χ1) is 7.31. The van der Waals surface area contributed by atoms with Gasteiger partial charge in [-0.25, -0.2) is 9.37 Å². The van der Waals surface area contributed by atoms with Crippen LogP contribution in [0, 0.1) is 5.82 Å². The van der Waals surface area contributed by atoms with Crippen LogP contribution in [-0.2, 0) is 6.54 Å². The lowest BCUT2D eigenvalue weighted by Crippen LogP contribution is -1.95. The van der Waals surface area contributed by atoms with Gasteiger partial charge in [-0.3, -0.25) is 0 Å². The van der Waals surface area contributed by atoms with Crippen molar-refractivity contribution in [2.45, 2.75) is 32.7 Å². The van der Waals surface area contributed by atoms with Crippen molar-refractivity contribution in [2.24, 2.45) is 0 Å². The predicted molar refractivity (Wildman–Crippen MR) is 59.2 cm³/mol. The zero-order valence-electron chi connectivity index (χ0n) is 8.91. The molecule has 0 saturated carbocycles. The first-order valence-corrected chi connectivity index (χ1v) is 5.41. The molecule has 0 radical (unpaired) electrons. The fourth-order valence-electron chi connectivity index (χ4n) is 1.74. The zero-order valence-corrected chi connectivity index (χ0v) is 8.91. The van der Waals surface area contributed by atoms with Crippen molar-refractivity contribution in [3.8, 4) is 0 Å². The summed E-state index contributed by atoms with van der Waals surface area (Å²) in [5, 5.41) is 0. The van der Waals surface area contributed by atoms with E-state index >= 15 is 0 Å². The van der Waals surface area contributed by atoms with Gasteiger partial charge in [-0.2, -0.15) is 0 Å². The summed E-state index contributed by atoms with van der Waals surface area (Å²) in [6.07, 6.45) is 5.31.